The van der Waals surface area contributed by atoms with E-state index >= 15 is 0 Å². The van der Waals surface area contributed by atoms with Crippen LogP contribution in [0.3, 0.4) is 0 Å². The highest BCUT2D eigenvalue weighted by Crippen LogP contribution is 2.19. The summed E-state index contributed by atoms with van der Waals surface area (Å²) >= 11 is 0. The van der Waals surface area contributed by atoms with E-state index in [1.807, 2.05) is 42.5 Å². The molecule has 0 aromatic heterocycles. The molecule has 0 aliphatic heterocycles. The van der Waals surface area contributed by atoms with Crippen molar-refractivity contribution in [1.82, 2.24) is 0 Å². The number of fused-ring (bicyclic) bond motifs is 1. The number of anilines is 1. The summed E-state index contributed by atoms with van der Waals surface area (Å²) in [6.45, 7) is 0.135. The third kappa shape index (κ3) is 3.35. The number of nitrogens with one attached hydrogen (secondary N) is 1. The summed E-state index contributed by atoms with van der Waals surface area (Å²) in [6, 6.07) is 19.5. The Balaban J connectivity index is 1.68. The quantitative estimate of drug-likeness (QED) is 0.438. The number of benzene rings is 3. The van der Waals surface area contributed by atoms with E-state index in [0.29, 0.717) is 5.56 Å². The SMILES string of the molecule is O=C(CNc1ccc2ccccc2c1)c1ccc([N+](=O)[O-])cc1. The highest BCUT2D eigenvalue weighted by Gasteiger charge is 2.09. The lowest BCUT2D eigenvalue weighted by molar-refractivity contribution is -0.384. The molecule has 5 heteroatoms. The topological polar surface area (TPSA) is 72.2 Å². The van der Waals surface area contributed by atoms with Gasteiger partial charge in [0.15, 0.2) is 5.78 Å². The summed E-state index contributed by atoms with van der Waals surface area (Å²) < 4.78 is 0. The van der Waals surface area contributed by atoms with Gasteiger partial charge in [-0.05, 0) is 35.0 Å². The van der Waals surface area contributed by atoms with Crippen molar-refractivity contribution in [2.24, 2.45) is 0 Å². The number of carbonyl (C=O) groups excluding carboxylic acids is 1. The number of nitro groups is 1. The molecule has 3 aromatic rings. The molecule has 3 aromatic carbocycles. The smallest absolute Gasteiger partial charge is 0.269 e. The van der Waals surface area contributed by atoms with Crippen LogP contribution in [0.4, 0.5) is 11.4 Å². The van der Waals surface area contributed by atoms with Crippen molar-refractivity contribution in [2.75, 3.05) is 11.9 Å². The van der Waals surface area contributed by atoms with E-state index in [1.54, 1.807) is 0 Å². The molecule has 0 saturated heterocycles. The Morgan fingerprint density at radius 1 is 0.957 bits per heavy atom. The molecule has 0 saturated carbocycles. The van der Waals surface area contributed by atoms with Gasteiger partial charge in [-0.25, -0.2) is 0 Å². The highest BCUT2D eigenvalue weighted by molar-refractivity contribution is 5.99. The Labute approximate surface area is 132 Å². The van der Waals surface area contributed by atoms with E-state index in [4.69, 9.17) is 0 Å². The molecule has 23 heavy (non-hydrogen) atoms. The van der Waals surface area contributed by atoms with Gasteiger partial charge in [-0.3, -0.25) is 14.9 Å². The average molecular weight is 306 g/mol. The molecule has 0 unspecified atom stereocenters. The molecule has 0 radical (unpaired) electrons. The molecule has 0 heterocycles. The lowest BCUT2D eigenvalue weighted by Crippen LogP contribution is -2.13. The number of hydrogen-bond acceptors (Lipinski definition) is 4. The molecule has 0 aliphatic carbocycles. The minimum absolute atomic E-state index is 0.0240. The zero-order chi connectivity index (χ0) is 16.2. The molecule has 5 nitrogen and oxygen atoms in total. The monoisotopic (exact) mass is 306 g/mol. The maximum absolute atomic E-state index is 12.1. The zero-order valence-electron chi connectivity index (χ0n) is 12.2. The van der Waals surface area contributed by atoms with E-state index in [1.165, 1.54) is 24.3 Å². The van der Waals surface area contributed by atoms with Gasteiger partial charge in [-0.15, -0.1) is 0 Å². The second-order valence-corrected chi connectivity index (χ2v) is 5.14. The largest absolute Gasteiger partial charge is 0.378 e. The van der Waals surface area contributed by atoms with Crippen LogP contribution in [0, 0.1) is 10.1 Å². The number of non-ortho nitro benzene ring substituents is 1. The Morgan fingerprint density at radius 3 is 2.35 bits per heavy atom. The van der Waals surface area contributed by atoms with Crippen molar-refractivity contribution in [1.29, 1.82) is 0 Å². The first-order chi connectivity index (χ1) is 11.1. The number of nitro benzene ring substituents is 1. The number of nitrogens with zero attached hydrogens (tertiary/aromatic N) is 1. The summed E-state index contributed by atoms with van der Waals surface area (Å²) in [6.07, 6.45) is 0. The van der Waals surface area contributed by atoms with Crippen LogP contribution in [-0.2, 0) is 0 Å². The minimum Gasteiger partial charge on any atom is -0.378 e. The Morgan fingerprint density at radius 2 is 1.65 bits per heavy atom. The van der Waals surface area contributed by atoms with Gasteiger partial charge in [0, 0.05) is 23.4 Å². The summed E-state index contributed by atoms with van der Waals surface area (Å²) in [4.78, 5) is 22.3. The molecule has 0 amide bonds. The highest BCUT2D eigenvalue weighted by atomic mass is 16.6. The van der Waals surface area contributed by atoms with Gasteiger partial charge in [0.2, 0.25) is 0 Å². The van der Waals surface area contributed by atoms with Gasteiger partial charge in [0.05, 0.1) is 11.5 Å². The van der Waals surface area contributed by atoms with E-state index < -0.39 is 4.92 Å². The predicted molar refractivity (Wildman–Crippen MR) is 89.9 cm³/mol. The fraction of sp³-hybridized carbons (Fsp3) is 0.0556. The number of ketones is 1. The van der Waals surface area contributed by atoms with Crippen molar-refractivity contribution in [3.8, 4) is 0 Å². The zero-order valence-corrected chi connectivity index (χ0v) is 12.2. The van der Waals surface area contributed by atoms with Crippen molar-refractivity contribution < 1.29 is 9.72 Å². The van der Waals surface area contributed by atoms with Crippen molar-refractivity contribution in [3.05, 3.63) is 82.4 Å². The molecule has 0 fully saturated rings. The fourth-order valence-corrected chi connectivity index (χ4v) is 2.35. The first-order valence-corrected chi connectivity index (χ1v) is 7.14. The molecular weight excluding hydrogens is 292 g/mol. The maximum atomic E-state index is 12.1. The Kier molecular flexibility index (Phi) is 4.01. The van der Waals surface area contributed by atoms with Crippen molar-refractivity contribution in [3.63, 3.8) is 0 Å². The molecule has 0 spiro atoms. The van der Waals surface area contributed by atoms with Crippen LogP contribution in [0.5, 0.6) is 0 Å². The van der Waals surface area contributed by atoms with Crippen LogP contribution in [-0.4, -0.2) is 17.3 Å². The lowest BCUT2D eigenvalue weighted by Gasteiger charge is -2.07. The maximum Gasteiger partial charge on any atom is 0.269 e. The van der Waals surface area contributed by atoms with Gasteiger partial charge in [-0.1, -0.05) is 30.3 Å². The van der Waals surface area contributed by atoms with Gasteiger partial charge < -0.3 is 5.32 Å². The van der Waals surface area contributed by atoms with Gasteiger partial charge in [0.1, 0.15) is 0 Å². The number of hydrogen-bond donors (Lipinski definition) is 1. The van der Waals surface area contributed by atoms with E-state index in [0.717, 1.165) is 16.5 Å². The standard InChI is InChI=1S/C18H14N2O3/c21-18(14-6-9-17(10-7-14)20(22)23)12-19-16-8-5-13-3-1-2-4-15(13)11-16/h1-11,19H,12H2. The fourth-order valence-electron chi connectivity index (χ4n) is 2.35. The summed E-state index contributed by atoms with van der Waals surface area (Å²) in [5.41, 5.74) is 1.28. The lowest BCUT2D eigenvalue weighted by atomic mass is 10.1. The molecule has 0 bridgehead atoms. The van der Waals surface area contributed by atoms with E-state index in [9.17, 15) is 14.9 Å². The first kappa shape index (κ1) is 14.7. The van der Waals surface area contributed by atoms with Crippen LogP contribution in [0.1, 0.15) is 10.4 Å². The molecule has 3 rings (SSSR count). The molecular formula is C18H14N2O3. The van der Waals surface area contributed by atoms with Crippen molar-refractivity contribution in [2.45, 2.75) is 0 Å². The third-order valence-electron chi connectivity index (χ3n) is 3.60. The summed E-state index contributed by atoms with van der Waals surface area (Å²) in [5.74, 6) is -0.118. The second kappa shape index (κ2) is 6.27. The Hall–Kier alpha value is -3.21. The van der Waals surface area contributed by atoms with Crippen molar-refractivity contribution >= 4 is 27.9 Å². The molecule has 114 valence electrons. The number of rotatable bonds is 5. The van der Waals surface area contributed by atoms with Gasteiger partial charge in [-0.2, -0.15) is 0 Å². The average Bonchev–Trinajstić information content (AvgIpc) is 2.59. The third-order valence-corrected chi connectivity index (χ3v) is 3.60. The Bertz CT molecular complexity index is 873. The minimum atomic E-state index is -0.485. The van der Waals surface area contributed by atoms with Crippen LogP contribution in [0.25, 0.3) is 10.8 Å². The predicted octanol–water partition coefficient (Wildman–Crippen LogP) is 4.04. The second-order valence-electron chi connectivity index (χ2n) is 5.14. The molecule has 0 atom stereocenters. The van der Waals surface area contributed by atoms with Gasteiger partial charge >= 0.3 is 0 Å². The molecule has 0 aliphatic rings. The van der Waals surface area contributed by atoms with Crippen LogP contribution >= 0.6 is 0 Å². The number of carbonyl (C=O) groups is 1. The van der Waals surface area contributed by atoms with E-state index in [2.05, 4.69) is 5.32 Å². The van der Waals surface area contributed by atoms with Crippen LogP contribution < -0.4 is 5.32 Å². The number of Topliss-reactive ketones (excluding diaryl/α,β-unsaturated/α-hetero) is 1. The molecule has 1 N–H and O–H groups in total. The normalized spacial score (nSPS) is 10.4. The van der Waals surface area contributed by atoms with Gasteiger partial charge in [0.25, 0.3) is 5.69 Å². The van der Waals surface area contributed by atoms with E-state index in [-0.39, 0.29) is 18.0 Å². The summed E-state index contributed by atoms with van der Waals surface area (Å²) in [7, 11) is 0. The van der Waals surface area contributed by atoms with Crippen LogP contribution in [0.15, 0.2) is 66.7 Å². The first-order valence-electron chi connectivity index (χ1n) is 7.14. The summed E-state index contributed by atoms with van der Waals surface area (Å²) in [5, 5.41) is 15.9. The van der Waals surface area contributed by atoms with Crippen LogP contribution in [0.2, 0.25) is 0 Å².